The molecule has 0 amide bonds. The zero-order valence-corrected chi connectivity index (χ0v) is 11.2. The fraction of sp³-hybridized carbons (Fsp3) is 0.571. The number of hydrogen-bond donors (Lipinski definition) is 1. The molecule has 2 N–H and O–H groups in total. The first-order chi connectivity index (χ1) is 8.15. The third-order valence-corrected chi connectivity index (χ3v) is 3.69. The van der Waals surface area contributed by atoms with Crippen LogP contribution in [0, 0.1) is 5.92 Å². The van der Waals surface area contributed by atoms with Crippen molar-refractivity contribution >= 4 is 11.6 Å². The Kier molecular flexibility index (Phi) is 4.43. The predicted octanol–water partition coefficient (Wildman–Crippen LogP) is 2.90. The Bertz CT molecular complexity index is 346. The molecule has 1 fully saturated rings. The van der Waals surface area contributed by atoms with E-state index in [1.807, 2.05) is 12.1 Å². The van der Waals surface area contributed by atoms with Gasteiger partial charge in [-0.3, -0.25) is 0 Å². The molecule has 0 aromatic heterocycles. The van der Waals surface area contributed by atoms with Gasteiger partial charge in [0.05, 0.1) is 0 Å². The molecule has 0 radical (unpaired) electrons. The minimum atomic E-state index is 0.405. The van der Waals surface area contributed by atoms with Crippen molar-refractivity contribution in [2.24, 2.45) is 11.7 Å². The van der Waals surface area contributed by atoms with Gasteiger partial charge in [0, 0.05) is 17.6 Å². The summed E-state index contributed by atoms with van der Waals surface area (Å²) in [5.41, 5.74) is 7.40. The topological polar surface area (TPSA) is 29.3 Å². The molecule has 0 heterocycles. The standard InChI is InChI=1S/C14H21ClN2/c1-17(9-8-14(16)12-4-5-12)10-11-2-6-13(15)7-3-11/h2-3,6-7,12,14H,4-5,8-10,16H2,1H3. The maximum atomic E-state index is 6.10. The Morgan fingerprint density at radius 1 is 1.35 bits per heavy atom. The molecular weight excluding hydrogens is 232 g/mol. The molecule has 3 heteroatoms. The van der Waals surface area contributed by atoms with E-state index in [1.54, 1.807) is 0 Å². The molecule has 0 aliphatic heterocycles. The lowest BCUT2D eigenvalue weighted by Gasteiger charge is -2.19. The molecule has 1 aromatic carbocycles. The molecule has 1 saturated carbocycles. The molecule has 1 aliphatic rings. The second kappa shape index (κ2) is 5.85. The highest BCUT2D eigenvalue weighted by atomic mass is 35.5. The first-order valence-corrected chi connectivity index (χ1v) is 6.71. The Morgan fingerprint density at radius 3 is 2.59 bits per heavy atom. The van der Waals surface area contributed by atoms with Crippen molar-refractivity contribution in [2.45, 2.75) is 31.8 Å². The van der Waals surface area contributed by atoms with E-state index in [0.29, 0.717) is 6.04 Å². The molecule has 1 aliphatic carbocycles. The molecule has 0 bridgehead atoms. The second-order valence-electron chi connectivity index (χ2n) is 5.15. The summed E-state index contributed by atoms with van der Waals surface area (Å²) in [4.78, 5) is 2.32. The van der Waals surface area contributed by atoms with Crippen LogP contribution in [-0.4, -0.2) is 24.5 Å². The quantitative estimate of drug-likeness (QED) is 0.844. The second-order valence-corrected chi connectivity index (χ2v) is 5.59. The normalized spacial score (nSPS) is 17.4. The van der Waals surface area contributed by atoms with Crippen molar-refractivity contribution in [1.29, 1.82) is 0 Å². The van der Waals surface area contributed by atoms with Gasteiger partial charge in [-0.05, 0) is 56.5 Å². The lowest BCUT2D eigenvalue weighted by Crippen LogP contribution is -2.29. The first-order valence-electron chi connectivity index (χ1n) is 6.33. The van der Waals surface area contributed by atoms with E-state index in [4.69, 9.17) is 17.3 Å². The van der Waals surface area contributed by atoms with Crippen LogP contribution >= 0.6 is 11.6 Å². The van der Waals surface area contributed by atoms with Crippen LogP contribution in [0.25, 0.3) is 0 Å². The first kappa shape index (κ1) is 12.9. The minimum absolute atomic E-state index is 0.405. The summed E-state index contributed by atoms with van der Waals surface area (Å²) in [5, 5.41) is 0.798. The third-order valence-electron chi connectivity index (χ3n) is 3.44. The van der Waals surface area contributed by atoms with E-state index in [0.717, 1.165) is 30.5 Å². The zero-order chi connectivity index (χ0) is 12.3. The molecule has 1 atom stereocenters. The van der Waals surface area contributed by atoms with Crippen LogP contribution in [0.4, 0.5) is 0 Å². The molecule has 1 aromatic rings. The van der Waals surface area contributed by atoms with Crippen LogP contribution in [0.15, 0.2) is 24.3 Å². The van der Waals surface area contributed by atoms with Gasteiger partial charge in [-0.2, -0.15) is 0 Å². The van der Waals surface area contributed by atoms with Gasteiger partial charge in [-0.15, -0.1) is 0 Å². The van der Waals surface area contributed by atoms with Crippen molar-refractivity contribution in [1.82, 2.24) is 4.90 Å². The van der Waals surface area contributed by atoms with Gasteiger partial charge in [-0.25, -0.2) is 0 Å². The molecule has 17 heavy (non-hydrogen) atoms. The van der Waals surface area contributed by atoms with Gasteiger partial charge >= 0.3 is 0 Å². The van der Waals surface area contributed by atoms with Crippen LogP contribution in [0.3, 0.4) is 0 Å². The smallest absolute Gasteiger partial charge is 0.0406 e. The average molecular weight is 253 g/mol. The van der Waals surface area contributed by atoms with Gasteiger partial charge in [0.25, 0.3) is 0 Å². The van der Waals surface area contributed by atoms with Crippen molar-refractivity contribution < 1.29 is 0 Å². The minimum Gasteiger partial charge on any atom is -0.327 e. The fourth-order valence-corrected chi connectivity index (χ4v) is 2.24. The molecule has 0 spiro atoms. The highest BCUT2D eigenvalue weighted by molar-refractivity contribution is 6.30. The monoisotopic (exact) mass is 252 g/mol. The summed E-state index contributed by atoms with van der Waals surface area (Å²) in [6, 6.07) is 8.46. The average Bonchev–Trinajstić information content (AvgIpc) is 3.13. The number of nitrogens with zero attached hydrogens (tertiary/aromatic N) is 1. The molecule has 2 rings (SSSR count). The summed E-state index contributed by atoms with van der Waals surface area (Å²) in [7, 11) is 2.15. The number of rotatable bonds is 6. The van der Waals surface area contributed by atoms with Crippen LogP contribution in [0.2, 0.25) is 5.02 Å². The van der Waals surface area contributed by atoms with Gasteiger partial charge in [0.2, 0.25) is 0 Å². The highest BCUT2D eigenvalue weighted by Crippen LogP contribution is 2.32. The van der Waals surface area contributed by atoms with Crippen LogP contribution in [0.5, 0.6) is 0 Å². The zero-order valence-electron chi connectivity index (χ0n) is 10.4. The Morgan fingerprint density at radius 2 is 2.00 bits per heavy atom. The van der Waals surface area contributed by atoms with Crippen molar-refractivity contribution in [2.75, 3.05) is 13.6 Å². The van der Waals surface area contributed by atoms with Crippen LogP contribution < -0.4 is 5.73 Å². The Balaban J connectivity index is 1.72. The fourth-order valence-electron chi connectivity index (χ4n) is 2.11. The van der Waals surface area contributed by atoms with E-state index in [1.165, 1.54) is 18.4 Å². The molecular formula is C14H21ClN2. The van der Waals surface area contributed by atoms with E-state index in [2.05, 4.69) is 24.1 Å². The van der Waals surface area contributed by atoms with E-state index >= 15 is 0 Å². The maximum absolute atomic E-state index is 6.10. The van der Waals surface area contributed by atoms with E-state index in [9.17, 15) is 0 Å². The van der Waals surface area contributed by atoms with E-state index in [-0.39, 0.29) is 0 Å². The largest absolute Gasteiger partial charge is 0.327 e. The van der Waals surface area contributed by atoms with Crippen molar-refractivity contribution in [3.63, 3.8) is 0 Å². The maximum Gasteiger partial charge on any atom is 0.0406 e. The van der Waals surface area contributed by atoms with Gasteiger partial charge < -0.3 is 10.6 Å². The summed E-state index contributed by atoms with van der Waals surface area (Å²) in [6.07, 6.45) is 3.78. The predicted molar refractivity (Wildman–Crippen MR) is 73.1 cm³/mol. The number of benzene rings is 1. The van der Waals surface area contributed by atoms with Crippen molar-refractivity contribution in [3.8, 4) is 0 Å². The van der Waals surface area contributed by atoms with E-state index < -0.39 is 0 Å². The highest BCUT2D eigenvalue weighted by Gasteiger charge is 2.28. The number of halogens is 1. The summed E-state index contributed by atoms with van der Waals surface area (Å²) >= 11 is 5.86. The summed E-state index contributed by atoms with van der Waals surface area (Å²) in [6.45, 7) is 2.04. The molecule has 94 valence electrons. The number of hydrogen-bond acceptors (Lipinski definition) is 2. The molecule has 2 nitrogen and oxygen atoms in total. The summed E-state index contributed by atoms with van der Waals surface area (Å²) in [5.74, 6) is 0.805. The summed E-state index contributed by atoms with van der Waals surface area (Å²) < 4.78 is 0. The number of nitrogens with two attached hydrogens (primary N) is 1. The molecule has 0 saturated heterocycles. The Labute approximate surface area is 109 Å². The van der Waals surface area contributed by atoms with Gasteiger partial charge in [-0.1, -0.05) is 23.7 Å². The lowest BCUT2D eigenvalue weighted by molar-refractivity contribution is 0.305. The lowest BCUT2D eigenvalue weighted by atomic mass is 10.1. The Hall–Kier alpha value is -0.570. The van der Waals surface area contributed by atoms with Gasteiger partial charge in [0.1, 0.15) is 0 Å². The van der Waals surface area contributed by atoms with Crippen LogP contribution in [-0.2, 0) is 6.54 Å². The van der Waals surface area contributed by atoms with Gasteiger partial charge in [0.15, 0.2) is 0 Å². The van der Waals surface area contributed by atoms with Crippen LogP contribution in [0.1, 0.15) is 24.8 Å². The molecule has 1 unspecified atom stereocenters. The third kappa shape index (κ3) is 4.30. The SMILES string of the molecule is CN(CCC(N)C1CC1)Cc1ccc(Cl)cc1. The van der Waals surface area contributed by atoms with Crippen molar-refractivity contribution in [3.05, 3.63) is 34.9 Å².